The normalized spacial score (nSPS) is 11.2. The van der Waals surface area contributed by atoms with Crippen LogP contribution in [0.4, 0.5) is 0 Å². The van der Waals surface area contributed by atoms with E-state index in [9.17, 15) is 8.42 Å². The monoisotopic (exact) mass is 287 g/mol. The number of halogens is 1. The van der Waals surface area contributed by atoms with Gasteiger partial charge in [-0.1, -0.05) is 0 Å². The van der Waals surface area contributed by atoms with E-state index in [0.29, 0.717) is 5.75 Å². The lowest BCUT2D eigenvalue weighted by Gasteiger charge is -2.03. The molecule has 2 aromatic rings. The second-order valence-corrected chi connectivity index (χ2v) is 4.85. The molecule has 0 aliphatic carbocycles. The molecule has 1 aromatic carbocycles. The van der Waals surface area contributed by atoms with Crippen LogP contribution in [0.25, 0.3) is 0 Å². The third-order valence-corrected chi connectivity index (χ3v) is 2.90. The van der Waals surface area contributed by atoms with E-state index < -0.39 is 10.1 Å². The molecule has 0 saturated carbocycles. The molecule has 94 valence electrons. The standard InChI is InChI=1S/C9H6ClN3O4S/c10-8-11-5-12-9(13-8)17-6-1-3-7(4-2-6)18(14,15)16/h1-5H,(H,14,15,16). The molecule has 1 heterocycles. The highest BCUT2D eigenvalue weighted by Gasteiger charge is 2.09. The summed E-state index contributed by atoms with van der Waals surface area (Å²) in [4.78, 5) is 10.7. The summed E-state index contributed by atoms with van der Waals surface area (Å²) < 4.78 is 35.6. The van der Waals surface area contributed by atoms with Crippen molar-refractivity contribution in [1.29, 1.82) is 0 Å². The highest BCUT2D eigenvalue weighted by molar-refractivity contribution is 7.85. The van der Waals surface area contributed by atoms with Gasteiger partial charge in [0.2, 0.25) is 5.28 Å². The van der Waals surface area contributed by atoms with Crippen molar-refractivity contribution in [2.24, 2.45) is 0 Å². The first-order valence-electron chi connectivity index (χ1n) is 4.55. The lowest BCUT2D eigenvalue weighted by molar-refractivity contribution is 0.438. The molecule has 0 fully saturated rings. The van der Waals surface area contributed by atoms with Gasteiger partial charge in [-0.15, -0.1) is 0 Å². The fourth-order valence-electron chi connectivity index (χ4n) is 1.10. The Bertz CT molecular complexity index is 660. The number of nitrogens with zero attached hydrogens (tertiary/aromatic N) is 3. The molecule has 0 amide bonds. The Kier molecular flexibility index (Phi) is 3.41. The van der Waals surface area contributed by atoms with E-state index in [1.54, 1.807) is 0 Å². The van der Waals surface area contributed by atoms with Gasteiger partial charge in [0.1, 0.15) is 12.1 Å². The van der Waals surface area contributed by atoms with Gasteiger partial charge < -0.3 is 4.74 Å². The smallest absolute Gasteiger partial charge is 0.326 e. The Morgan fingerprint density at radius 3 is 2.39 bits per heavy atom. The van der Waals surface area contributed by atoms with Gasteiger partial charge in [-0.2, -0.15) is 18.4 Å². The van der Waals surface area contributed by atoms with Gasteiger partial charge in [0.15, 0.2) is 0 Å². The first-order valence-corrected chi connectivity index (χ1v) is 6.37. The zero-order chi connectivity index (χ0) is 13.2. The van der Waals surface area contributed by atoms with Crippen molar-refractivity contribution in [2.75, 3.05) is 0 Å². The fourth-order valence-corrected chi connectivity index (χ4v) is 1.69. The summed E-state index contributed by atoms with van der Waals surface area (Å²) in [6.07, 6.45) is 1.18. The highest BCUT2D eigenvalue weighted by atomic mass is 35.5. The lowest BCUT2D eigenvalue weighted by atomic mass is 10.3. The molecule has 0 atom stereocenters. The van der Waals surface area contributed by atoms with Crippen molar-refractivity contribution < 1.29 is 17.7 Å². The van der Waals surface area contributed by atoms with Crippen molar-refractivity contribution in [3.63, 3.8) is 0 Å². The van der Waals surface area contributed by atoms with Gasteiger partial charge in [0.05, 0.1) is 4.90 Å². The van der Waals surface area contributed by atoms with E-state index in [-0.39, 0.29) is 16.2 Å². The lowest BCUT2D eigenvalue weighted by Crippen LogP contribution is -1.98. The molecule has 0 unspecified atom stereocenters. The van der Waals surface area contributed by atoms with Crippen LogP contribution in [0.3, 0.4) is 0 Å². The summed E-state index contributed by atoms with van der Waals surface area (Å²) in [5.41, 5.74) is 0. The molecule has 0 bridgehead atoms. The summed E-state index contributed by atoms with van der Waals surface area (Å²) in [6.45, 7) is 0. The predicted octanol–water partition coefficient (Wildman–Crippen LogP) is 1.56. The van der Waals surface area contributed by atoms with Crippen molar-refractivity contribution in [3.05, 3.63) is 35.9 Å². The quantitative estimate of drug-likeness (QED) is 0.855. The largest absolute Gasteiger partial charge is 0.424 e. The van der Waals surface area contributed by atoms with Crippen molar-refractivity contribution in [1.82, 2.24) is 15.0 Å². The Balaban J connectivity index is 2.21. The van der Waals surface area contributed by atoms with E-state index >= 15 is 0 Å². The maximum absolute atomic E-state index is 10.8. The van der Waals surface area contributed by atoms with Gasteiger partial charge in [-0.3, -0.25) is 4.55 Å². The molecule has 0 radical (unpaired) electrons. The van der Waals surface area contributed by atoms with Crippen LogP contribution in [0.15, 0.2) is 35.5 Å². The van der Waals surface area contributed by atoms with Gasteiger partial charge >= 0.3 is 6.01 Å². The van der Waals surface area contributed by atoms with Gasteiger partial charge in [0.25, 0.3) is 10.1 Å². The average molecular weight is 288 g/mol. The zero-order valence-corrected chi connectivity index (χ0v) is 10.3. The fraction of sp³-hybridized carbons (Fsp3) is 0. The van der Waals surface area contributed by atoms with Crippen LogP contribution in [0.5, 0.6) is 11.8 Å². The number of benzene rings is 1. The molecule has 1 N–H and O–H groups in total. The second kappa shape index (κ2) is 4.84. The Labute approximate surface area is 107 Å². The number of aromatic nitrogens is 3. The first-order chi connectivity index (χ1) is 8.45. The molecule has 9 heteroatoms. The molecule has 0 aliphatic rings. The first kappa shape index (κ1) is 12.7. The van der Waals surface area contributed by atoms with E-state index in [0.717, 1.165) is 0 Å². The number of hydrogen-bond acceptors (Lipinski definition) is 6. The Morgan fingerprint density at radius 2 is 1.83 bits per heavy atom. The van der Waals surface area contributed by atoms with Crippen molar-refractivity contribution in [2.45, 2.75) is 4.90 Å². The van der Waals surface area contributed by atoms with Gasteiger partial charge in [-0.05, 0) is 35.9 Å². The van der Waals surface area contributed by atoms with Crippen molar-refractivity contribution in [3.8, 4) is 11.8 Å². The van der Waals surface area contributed by atoms with Gasteiger partial charge in [0, 0.05) is 0 Å². The van der Waals surface area contributed by atoms with Crippen LogP contribution in [-0.4, -0.2) is 27.9 Å². The minimum atomic E-state index is -4.22. The molecule has 18 heavy (non-hydrogen) atoms. The molecular formula is C9H6ClN3O4S. The molecule has 0 spiro atoms. The molecule has 0 saturated heterocycles. The highest BCUT2D eigenvalue weighted by Crippen LogP contribution is 2.20. The van der Waals surface area contributed by atoms with Gasteiger partial charge in [-0.25, -0.2) is 4.98 Å². The minimum Gasteiger partial charge on any atom is -0.424 e. The Hall–Kier alpha value is -1.77. The third-order valence-electron chi connectivity index (χ3n) is 1.85. The molecule has 2 rings (SSSR count). The zero-order valence-electron chi connectivity index (χ0n) is 8.69. The molecule has 7 nitrogen and oxygen atoms in total. The number of ether oxygens (including phenoxy) is 1. The molecular weight excluding hydrogens is 282 g/mol. The van der Waals surface area contributed by atoms with Crippen LogP contribution in [0, 0.1) is 0 Å². The van der Waals surface area contributed by atoms with E-state index in [4.69, 9.17) is 20.9 Å². The SMILES string of the molecule is O=S(=O)(O)c1ccc(Oc2ncnc(Cl)n2)cc1. The van der Waals surface area contributed by atoms with Crippen LogP contribution in [0.2, 0.25) is 5.28 Å². The summed E-state index contributed by atoms with van der Waals surface area (Å²) in [7, 11) is -4.22. The predicted molar refractivity (Wildman–Crippen MR) is 61.2 cm³/mol. The summed E-state index contributed by atoms with van der Waals surface area (Å²) in [5.74, 6) is 0.296. The van der Waals surface area contributed by atoms with Crippen LogP contribution in [-0.2, 0) is 10.1 Å². The van der Waals surface area contributed by atoms with E-state index in [1.807, 2.05) is 0 Å². The average Bonchev–Trinajstić information content (AvgIpc) is 2.28. The van der Waals surface area contributed by atoms with E-state index in [2.05, 4.69) is 15.0 Å². The maximum Gasteiger partial charge on any atom is 0.326 e. The second-order valence-electron chi connectivity index (χ2n) is 3.09. The van der Waals surface area contributed by atoms with Crippen LogP contribution >= 0.6 is 11.6 Å². The van der Waals surface area contributed by atoms with E-state index in [1.165, 1.54) is 30.6 Å². The maximum atomic E-state index is 10.8. The Morgan fingerprint density at radius 1 is 1.17 bits per heavy atom. The topological polar surface area (TPSA) is 102 Å². The van der Waals surface area contributed by atoms with Crippen LogP contribution in [0.1, 0.15) is 0 Å². The number of rotatable bonds is 3. The number of hydrogen-bond donors (Lipinski definition) is 1. The summed E-state index contributed by atoms with van der Waals surface area (Å²) in [5, 5.41) is -0.0189. The van der Waals surface area contributed by atoms with Crippen molar-refractivity contribution >= 4 is 21.7 Å². The summed E-state index contributed by atoms with van der Waals surface area (Å²) in [6, 6.07) is 5.05. The minimum absolute atomic E-state index is 0.0189. The summed E-state index contributed by atoms with van der Waals surface area (Å²) >= 11 is 5.54. The van der Waals surface area contributed by atoms with Crippen LogP contribution < -0.4 is 4.74 Å². The third kappa shape index (κ3) is 3.13. The molecule has 0 aliphatic heterocycles. The molecule has 1 aromatic heterocycles.